The van der Waals surface area contributed by atoms with Crippen LogP contribution in [0.5, 0.6) is 0 Å². The third-order valence-electron chi connectivity index (χ3n) is 10.0. The lowest BCUT2D eigenvalue weighted by Crippen LogP contribution is -2.46. The predicted molar refractivity (Wildman–Crippen MR) is 250 cm³/mol. The van der Waals surface area contributed by atoms with Crippen molar-refractivity contribution in [2.45, 2.75) is 36.6 Å². The Balaban J connectivity index is 0.000000654. The molecular weight excluding hydrogens is 796 g/mol. The van der Waals surface area contributed by atoms with Crippen LogP contribution >= 0.6 is 35.3 Å². The van der Waals surface area contributed by atoms with Crippen molar-refractivity contribution in [2.24, 2.45) is 5.92 Å². The van der Waals surface area contributed by atoms with Gasteiger partial charge >= 0.3 is 0 Å². The molecule has 0 atom stereocenters. The van der Waals surface area contributed by atoms with E-state index in [0.29, 0.717) is 24.0 Å². The highest BCUT2D eigenvalue weighted by Crippen LogP contribution is 2.33. The molecule has 1 aliphatic heterocycles. The van der Waals surface area contributed by atoms with E-state index in [1.54, 1.807) is 30.2 Å². The molecule has 2 N–H and O–H groups in total. The Morgan fingerprint density at radius 3 is 2.34 bits per heavy atom. The minimum Gasteiger partial charge on any atom is -0.379 e. The number of rotatable bonds is 16. The Hall–Kier alpha value is -4.85. The van der Waals surface area contributed by atoms with Crippen LogP contribution in [0, 0.1) is 16.0 Å². The van der Waals surface area contributed by atoms with E-state index in [2.05, 4.69) is 129 Å². The number of benzene rings is 5. The Kier molecular flexibility index (Phi) is 16.3. The summed E-state index contributed by atoms with van der Waals surface area (Å²) in [5, 5.41) is 16.8. The van der Waals surface area contributed by atoms with Gasteiger partial charge in [0.25, 0.3) is 5.69 Å². The Bertz CT molecular complexity index is 2260. The summed E-state index contributed by atoms with van der Waals surface area (Å²) in [4.78, 5) is 29.9. The number of anilines is 3. The van der Waals surface area contributed by atoms with Crippen molar-refractivity contribution < 1.29 is 4.92 Å². The third kappa shape index (κ3) is 12.8. The number of hydrogen-bond acceptors (Lipinski definition) is 11. The van der Waals surface area contributed by atoms with Gasteiger partial charge in [-0.1, -0.05) is 80.0 Å². The molecule has 308 valence electrons. The number of nitrogens with zero attached hydrogens (tertiary/aromatic N) is 6. The fourth-order valence-electron chi connectivity index (χ4n) is 7.12. The molecule has 5 aromatic carbocycles. The second kappa shape index (κ2) is 22.0. The number of nitro groups is 1. The van der Waals surface area contributed by atoms with Gasteiger partial charge in [-0.25, -0.2) is 9.97 Å². The largest absolute Gasteiger partial charge is 0.379 e. The van der Waals surface area contributed by atoms with Gasteiger partial charge in [-0.05, 0) is 115 Å². The second-order valence-electron chi connectivity index (χ2n) is 14.9. The maximum Gasteiger partial charge on any atom is 0.293 e. The van der Waals surface area contributed by atoms with Gasteiger partial charge in [-0.3, -0.25) is 15.0 Å². The summed E-state index contributed by atoms with van der Waals surface area (Å²) in [6.45, 7) is 11.7. The highest BCUT2D eigenvalue weighted by molar-refractivity contribution is 8.00. The van der Waals surface area contributed by atoms with Gasteiger partial charge in [0.05, 0.1) is 10.4 Å². The van der Waals surface area contributed by atoms with E-state index in [4.69, 9.17) is 11.6 Å². The van der Waals surface area contributed by atoms with Crippen molar-refractivity contribution >= 4 is 69.1 Å². The summed E-state index contributed by atoms with van der Waals surface area (Å²) < 4.78 is 3.31. The van der Waals surface area contributed by atoms with E-state index in [9.17, 15) is 10.1 Å². The topological polar surface area (TPSA) is 103 Å². The first-order valence-electron chi connectivity index (χ1n) is 20.0. The molecule has 2 heterocycles. The Labute approximate surface area is 362 Å². The van der Waals surface area contributed by atoms with Crippen LogP contribution in [0.2, 0.25) is 5.02 Å². The van der Waals surface area contributed by atoms with Crippen LogP contribution in [0.25, 0.3) is 22.0 Å². The smallest absolute Gasteiger partial charge is 0.293 e. The highest BCUT2D eigenvalue weighted by atomic mass is 35.5. The number of piperazine rings is 1. The van der Waals surface area contributed by atoms with Crippen LogP contribution in [0.15, 0.2) is 131 Å². The maximum atomic E-state index is 11.9. The standard InChI is InChI=1S/C39H45ClN8O2S.C7H8S/c1-28(2)25-45(3)18-6-17-41-36-16-14-33(24-38(36)48(49)50)51-44-39-35-15-13-32(23-37(35)42-27-43-39)47-21-19-46(20-22-47)26-30-7-4-5-8-34(30)29-9-11-31(40)12-10-29;1-8-7-5-3-2-4-6-7/h4-5,7-16,23-24,27-28,41H,6,17-22,25-26H2,1-3H3,(H,42,43,44);2-6H,1H3. The van der Waals surface area contributed by atoms with E-state index in [1.165, 1.54) is 33.5 Å². The van der Waals surface area contributed by atoms with Crippen molar-refractivity contribution in [3.05, 3.63) is 142 Å². The van der Waals surface area contributed by atoms with Crippen molar-refractivity contribution in [1.82, 2.24) is 19.8 Å². The van der Waals surface area contributed by atoms with Crippen LogP contribution < -0.4 is 14.9 Å². The highest BCUT2D eigenvalue weighted by Gasteiger charge is 2.20. The second-order valence-corrected chi connectivity index (χ2v) is 17.1. The molecule has 0 spiro atoms. The van der Waals surface area contributed by atoms with E-state index in [0.717, 1.165) is 78.7 Å². The molecule has 13 heteroatoms. The molecule has 0 aliphatic carbocycles. The van der Waals surface area contributed by atoms with Crippen molar-refractivity contribution in [3.8, 4) is 11.1 Å². The summed E-state index contributed by atoms with van der Waals surface area (Å²) in [6.07, 6.45) is 4.53. The molecule has 0 bridgehead atoms. The lowest BCUT2D eigenvalue weighted by molar-refractivity contribution is -0.384. The molecule has 0 amide bonds. The number of thioether (sulfide) groups is 1. The first-order valence-corrected chi connectivity index (χ1v) is 22.4. The predicted octanol–water partition coefficient (Wildman–Crippen LogP) is 11.1. The molecular formula is C46H53ClN8O2S2. The molecule has 0 radical (unpaired) electrons. The quantitative estimate of drug-likeness (QED) is 0.0320. The summed E-state index contributed by atoms with van der Waals surface area (Å²) in [5.74, 6) is 1.27. The zero-order valence-corrected chi connectivity index (χ0v) is 36.6. The lowest BCUT2D eigenvalue weighted by atomic mass is 9.99. The van der Waals surface area contributed by atoms with Crippen LogP contribution in [0.1, 0.15) is 25.8 Å². The number of halogens is 1. The van der Waals surface area contributed by atoms with Crippen LogP contribution in [-0.4, -0.2) is 83.8 Å². The van der Waals surface area contributed by atoms with Crippen molar-refractivity contribution in [1.29, 1.82) is 0 Å². The molecule has 1 aliphatic rings. The van der Waals surface area contributed by atoms with Gasteiger partial charge in [-0.15, -0.1) is 11.8 Å². The molecule has 1 fully saturated rings. The number of nitrogens with one attached hydrogen (secondary N) is 2. The molecule has 0 saturated carbocycles. The minimum atomic E-state index is -0.334. The number of hydrogen-bond donors (Lipinski definition) is 2. The molecule has 10 nitrogen and oxygen atoms in total. The number of fused-ring (bicyclic) bond motifs is 1. The van der Waals surface area contributed by atoms with Crippen molar-refractivity contribution in [2.75, 3.05) is 74.1 Å². The SMILES string of the molecule is CC(C)CN(C)CCCNc1ccc(SNc2ncnc3cc(N4CCN(Cc5ccccc5-c5ccc(Cl)cc5)CC4)ccc23)cc1[N+](=O)[O-].CSc1ccccc1. The van der Waals surface area contributed by atoms with Crippen molar-refractivity contribution in [3.63, 3.8) is 0 Å². The summed E-state index contributed by atoms with van der Waals surface area (Å²) in [7, 11) is 2.11. The Morgan fingerprint density at radius 2 is 1.63 bits per heavy atom. The zero-order chi connectivity index (χ0) is 41.6. The molecule has 7 rings (SSSR count). The van der Waals surface area contributed by atoms with Gasteiger partial charge in [0.15, 0.2) is 0 Å². The third-order valence-corrected chi connectivity index (χ3v) is 11.8. The average Bonchev–Trinajstić information content (AvgIpc) is 3.25. The average molecular weight is 850 g/mol. The lowest BCUT2D eigenvalue weighted by Gasteiger charge is -2.36. The van der Waals surface area contributed by atoms with Crippen LogP contribution in [0.4, 0.5) is 22.9 Å². The number of nitro benzene ring substituents is 1. The summed E-state index contributed by atoms with van der Waals surface area (Å²) in [6, 6.07) is 38.5. The van der Waals surface area contributed by atoms with E-state index < -0.39 is 0 Å². The first-order chi connectivity index (χ1) is 28.7. The van der Waals surface area contributed by atoms with Gasteiger partial charge in [-0.2, -0.15) is 0 Å². The first kappa shape index (κ1) is 43.7. The van der Waals surface area contributed by atoms with Gasteiger partial charge in [0.2, 0.25) is 0 Å². The molecule has 59 heavy (non-hydrogen) atoms. The van der Waals surface area contributed by atoms with Gasteiger partial charge < -0.3 is 19.8 Å². The monoisotopic (exact) mass is 848 g/mol. The van der Waals surface area contributed by atoms with E-state index in [-0.39, 0.29) is 10.6 Å². The van der Waals surface area contributed by atoms with E-state index in [1.807, 2.05) is 36.4 Å². The number of aromatic nitrogens is 2. The summed E-state index contributed by atoms with van der Waals surface area (Å²) in [5.41, 5.74) is 6.29. The molecule has 6 aromatic rings. The summed E-state index contributed by atoms with van der Waals surface area (Å²) >= 11 is 9.20. The fraction of sp³-hybridized carbons (Fsp3) is 0.304. The van der Waals surface area contributed by atoms with E-state index >= 15 is 0 Å². The normalized spacial score (nSPS) is 13.0. The maximum absolute atomic E-state index is 11.9. The van der Waals surface area contributed by atoms with Gasteiger partial charge in [0.1, 0.15) is 17.8 Å². The molecule has 1 aromatic heterocycles. The zero-order valence-electron chi connectivity index (χ0n) is 34.2. The minimum absolute atomic E-state index is 0.0559. The Morgan fingerprint density at radius 1 is 0.881 bits per heavy atom. The van der Waals surface area contributed by atoms with Gasteiger partial charge in [0, 0.05) is 77.8 Å². The fourth-order valence-corrected chi connectivity index (χ4v) is 8.36. The molecule has 0 unspecified atom stereocenters. The van der Waals surface area contributed by atoms with Crippen LogP contribution in [0.3, 0.4) is 0 Å². The molecule has 1 saturated heterocycles. The van der Waals surface area contributed by atoms with Crippen LogP contribution in [-0.2, 0) is 6.54 Å².